The molecule has 0 saturated heterocycles. The van der Waals surface area contributed by atoms with E-state index in [9.17, 15) is 0 Å². The first-order valence-corrected chi connectivity index (χ1v) is 23.8. The van der Waals surface area contributed by atoms with E-state index >= 15 is 0 Å². The molecule has 0 saturated carbocycles. The number of para-hydroxylation sites is 1. The molecule has 66 heavy (non-hydrogen) atoms. The molecular formula is C65H51N. The van der Waals surface area contributed by atoms with Crippen molar-refractivity contribution in [2.24, 2.45) is 0 Å². The molecule has 316 valence electrons. The van der Waals surface area contributed by atoms with Crippen LogP contribution in [-0.2, 0) is 16.2 Å². The van der Waals surface area contributed by atoms with Gasteiger partial charge in [-0.15, -0.1) is 0 Å². The average Bonchev–Trinajstić information content (AvgIpc) is 3.94. The van der Waals surface area contributed by atoms with E-state index < -0.39 is 10.8 Å². The van der Waals surface area contributed by atoms with E-state index in [2.05, 4.69) is 249 Å². The molecule has 0 heterocycles. The van der Waals surface area contributed by atoms with Crippen LogP contribution in [0.5, 0.6) is 0 Å². The summed E-state index contributed by atoms with van der Waals surface area (Å²) >= 11 is 0. The summed E-state index contributed by atoms with van der Waals surface area (Å²) in [5.74, 6) is 0.293. The molecule has 0 aliphatic heterocycles. The van der Waals surface area contributed by atoms with Gasteiger partial charge in [-0.1, -0.05) is 208 Å². The average molecular weight is 846 g/mol. The van der Waals surface area contributed by atoms with Crippen LogP contribution >= 0.6 is 0 Å². The van der Waals surface area contributed by atoms with E-state index in [1.54, 1.807) is 0 Å². The summed E-state index contributed by atoms with van der Waals surface area (Å²) in [5.41, 5.74) is 23.0. The van der Waals surface area contributed by atoms with E-state index in [1.165, 1.54) is 83.5 Å². The monoisotopic (exact) mass is 845 g/mol. The summed E-state index contributed by atoms with van der Waals surface area (Å²) in [6.07, 6.45) is 15.1. The van der Waals surface area contributed by atoms with Crippen LogP contribution in [0.4, 0.5) is 17.1 Å². The molecule has 5 aliphatic rings. The normalized spacial score (nSPS) is 19.8. The first kappa shape index (κ1) is 38.9. The summed E-state index contributed by atoms with van der Waals surface area (Å²) in [4.78, 5) is 2.44. The lowest BCUT2D eigenvalue weighted by molar-refractivity contribution is 0.660. The van der Waals surface area contributed by atoms with Crippen molar-refractivity contribution in [3.63, 3.8) is 0 Å². The van der Waals surface area contributed by atoms with Crippen LogP contribution < -0.4 is 4.90 Å². The molecule has 5 aliphatic carbocycles. The Morgan fingerprint density at radius 3 is 1.80 bits per heavy atom. The highest BCUT2D eigenvalue weighted by molar-refractivity contribution is 5.90. The van der Waals surface area contributed by atoms with Gasteiger partial charge in [-0.05, 0) is 139 Å². The van der Waals surface area contributed by atoms with E-state index in [-0.39, 0.29) is 5.41 Å². The minimum Gasteiger partial charge on any atom is -0.310 e. The first-order chi connectivity index (χ1) is 32.5. The topological polar surface area (TPSA) is 3.24 Å². The standard InChI is InChI=1S/C65H51N/c1-63(2)57-30-16-12-26-51(57)55-41-39-50(43-61(55)63)66(48-24-10-5-11-25-48)49-37-34-46(35-38-49)65(59-32-18-13-27-52(59)53-28-14-19-33-60(53)65)47-36-40-56-54-29-15-17-31-58(54)64(62(56)42-47,44-20-6-3-7-21-44)45-22-8-4-9-23-45/h3-14,16-27,30-43,53H,15,28-29H2,1-2H3/t53?,65-/m1/s1. The Kier molecular flexibility index (Phi) is 8.72. The molecule has 1 unspecified atom stereocenters. The van der Waals surface area contributed by atoms with Gasteiger partial charge in [0.1, 0.15) is 0 Å². The van der Waals surface area contributed by atoms with Gasteiger partial charge in [-0.2, -0.15) is 0 Å². The number of allylic oxidation sites excluding steroid dienone is 8. The third-order valence-electron chi connectivity index (χ3n) is 15.9. The number of anilines is 3. The molecule has 1 heteroatoms. The van der Waals surface area contributed by atoms with Crippen molar-refractivity contribution in [1.29, 1.82) is 0 Å². The Bertz CT molecular complexity index is 3310. The Morgan fingerprint density at radius 2 is 1.05 bits per heavy atom. The van der Waals surface area contributed by atoms with Crippen molar-refractivity contribution < 1.29 is 0 Å². The quantitative estimate of drug-likeness (QED) is 0.154. The minimum atomic E-state index is -0.515. The number of hydrogen-bond donors (Lipinski definition) is 0. The molecule has 0 aromatic heterocycles. The SMILES string of the molecule is CC1(C)c2ccccc2-c2ccc(N(c3ccccc3)c3ccc([C@]4(c5ccc6c(c5)C(c5ccccc5)(c5ccccc5)C5=C6CCC=C5)C5=CC=CCC5c5ccccc54)cc3)cc21. The summed E-state index contributed by atoms with van der Waals surface area (Å²) < 4.78 is 0. The second kappa shape index (κ2) is 14.8. The lowest BCUT2D eigenvalue weighted by Gasteiger charge is -2.39. The summed E-state index contributed by atoms with van der Waals surface area (Å²) in [6, 6.07) is 76.1. The van der Waals surface area contributed by atoms with Crippen LogP contribution in [0.25, 0.3) is 16.7 Å². The van der Waals surface area contributed by atoms with Gasteiger partial charge >= 0.3 is 0 Å². The van der Waals surface area contributed by atoms with E-state index in [0.29, 0.717) is 5.92 Å². The summed E-state index contributed by atoms with van der Waals surface area (Å²) in [7, 11) is 0. The largest absolute Gasteiger partial charge is 0.310 e. The zero-order chi connectivity index (χ0) is 44.0. The van der Waals surface area contributed by atoms with Crippen molar-refractivity contribution in [3.8, 4) is 11.1 Å². The predicted octanol–water partition coefficient (Wildman–Crippen LogP) is 16.2. The van der Waals surface area contributed by atoms with Crippen LogP contribution in [0.15, 0.2) is 242 Å². The summed E-state index contributed by atoms with van der Waals surface area (Å²) in [6.45, 7) is 4.74. The van der Waals surface area contributed by atoms with E-state index in [4.69, 9.17) is 0 Å². The number of benzene rings is 8. The number of hydrogen-bond acceptors (Lipinski definition) is 1. The maximum absolute atomic E-state index is 2.63. The zero-order valence-electron chi connectivity index (χ0n) is 37.6. The third-order valence-corrected chi connectivity index (χ3v) is 15.9. The smallest absolute Gasteiger partial charge is 0.0710 e. The van der Waals surface area contributed by atoms with Crippen LogP contribution in [0.2, 0.25) is 0 Å². The molecule has 8 aromatic rings. The lowest BCUT2D eigenvalue weighted by Crippen LogP contribution is -2.32. The second-order valence-electron chi connectivity index (χ2n) is 19.4. The zero-order valence-corrected chi connectivity index (χ0v) is 37.6. The molecule has 13 rings (SSSR count). The Morgan fingerprint density at radius 1 is 0.455 bits per heavy atom. The molecule has 2 atom stereocenters. The molecular weight excluding hydrogens is 795 g/mol. The number of fused-ring (bicyclic) bond motifs is 8. The number of rotatable bonds is 7. The highest BCUT2D eigenvalue weighted by atomic mass is 15.1. The minimum absolute atomic E-state index is 0.103. The molecule has 0 radical (unpaired) electrons. The lowest BCUT2D eigenvalue weighted by atomic mass is 9.63. The number of nitrogens with zero attached hydrogens (tertiary/aromatic N) is 1. The molecule has 0 spiro atoms. The van der Waals surface area contributed by atoms with Gasteiger partial charge in [0.25, 0.3) is 0 Å². The van der Waals surface area contributed by atoms with Gasteiger partial charge in [0.05, 0.1) is 10.8 Å². The Balaban J connectivity index is 1.03. The fraction of sp³-hybridized carbons (Fsp3) is 0.138. The van der Waals surface area contributed by atoms with Crippen molar-refractivity contribution in [2.45, 2.75) is 55.3 Å². The van der Waals surface area contributed by atoms with Gasteiger partial charge in [0, 0.05) is 28.4 Å². The van der Waals surface area contributed by atoms with Crippen molar-refractivity contribution in [1.82, 2.24) is 0 Å². The molecule has 0 bridgehead atoms. The van der Waals surface area contributed by atoms with E-state index in [0.717, 1.165) is 36.3 Å². The highest BCUT2D eigenvalue weighted by Crippen LogP contribution is 2.63. The molecule has 0 N–H and O–H groups in total. The fourth-order valence-electron chi connectivity index (χ4n) is 13.1. The predicted molar refractivity (Wildman–Crippen MR) is 274 cm³/mol. The van der Waals surface area contributed by atoms with Crippen molar-refractivity contribution >= 4 is 22.6 Å². The molecule has 0 amide bonds. The Hall–Kier alpha value is -7.48. The van der Waals surface area contributed by atoms with Gasteiger partial charge in [-0.3, -0.25) is 0 Å². The van der Waals surface area contributed by atoms with Gasteiger partial charge in [0.15, 0.2) is 0 Å². The second-order valence-corrected chi connectivity index (χ2v) is 19.4. The van der Waals surface area contributed by atoms with Crippen LogP contribution in [-0.4, -0.2) is 0 Å². The Labute approximate surface area is 389 Å². The van der Waals surface area contributed by atoms with Gasteiger partial charge in [-0.25, -0.2) is 0 Å². The maximum Gasteiger partial charge on any atom is 0.0710 e. The van der Waals surface area contributed by atoms with Crippen LogP contribution in [0, 0.1) is 0 Å². The van der Waals surface area contributed by atoms with Crippen LogP contribution in [0.3, 0.4) is 0 Å². The van der Waals surface area contributed by atoms with Gasteiger partial charge < -0.3 is 4.90 Å². The third kappa shape index (κ3) is 5.35. The van der Waals surface area contributed by atoms with Crippen LogP contribution in [0.1, 0.15) is 94.7 Å². The maximum atomic E-state index is 2.63. The van der Waals surface area contributed by atoms with Crippen molar-refractivity contribution in [2.75, 3.05) is 4.90 Å². The van der Waals surface area contributed by atoms with Crippen molar-refractivity contribution in [3.05, 3.63) is 297 Å². The molecule has 0 fully saturated rings. The van der Waals surface area contributed by atoms with E-state index in [1.807, 2.05) is 0 Å². The molecule has 1 nitrogen and oxygen atoms in total. The highest BCUT2D eigenvalue weighted by Gasteiger charge is 2.53. The molecule has 8 aromatic carbocycles. The fourth-order valence-corrected chi connectivity index (χ4v) is 13.1. The summed E-state index contributed by atoms with van der Waals surface area (Å²) in [5, 5.41) is 0. The van der Waals surface area contributed by atoms with Gasteiger partial charge in [0.2, 0.25) is 0 Å². The first-order valence-electron chi connectivity index (χ1n) is 23.8.